The number of nitrogens with two attached hydrogens (primary N) is 1. The van der Waals surface area contributed by atoms with Crippen LogP contribution in [0.1, 0.15) is 6.92 Å². The summed E-state index contributed by atoms with van der Waals surface area (Å²) in [5.74, 6) is 4.65. The Labute approximate surface area is 75.5 Å². The summed E-state index contributed by atoms with van der Waals surface area (Å²) in [4.78, 5) is 0. The van der Waals surface area contributed by atoms with Crippen LogP contribution in [0, 0.1) is 0 Å². The molecule has 1 unspecified atom stereocenters. The van der Waals surface area contributed by atoms with Gasteiger partial charge in [0, 0.05) is 0 Å². The van der Waals surface area contributed by atoms with Gasteiger partial charge in [-0.3, -0.25) is 5.84 Å². The molecule has 0 radical (unpaired) electrons. The average molecular weight is 215 g/mol. The van der Waals surface area contributed by atoms with Gasteiger partial charge in [-0.15, -0.1) is 24.8 Å². The third kappa shape index (κ3) is 4.68. The molecule has 72 valence electrons. The minimum Gasteiger partial charge on any atom is -0.271 e. The summed E-state index contributed by atoms with van der Waals surface area (Å²) in [7, 11) is 0. The predicted molar refractivity (Wildman–Crippen MR) is 42.2 cm³/mol. The fraction of sp³-hybridized carbons (Fsp3) is 1.00. The first-order valence-electron chi connectivity index (χ1n) is 2.38. The van der Waals surface area contributed by atoms with Gasteiger partial charge in [0.05, 0.1) is 0 Å². The largest absolute Gasteiger partial charge is 0.271 e. The number of alkyl halides is 3. The molecule has 0 aliphatic rings. The Hall–Kier alpha value is 0.290. The highest BCUT2D eigenvalue weighted by atomic mass is 35.5. The average Bonchev–Trinajstić information content (AvgIpc) is 1.86. The van der Waals surface area contributed by atoms with Crippen LogP contribution in [0.25, 0.3) is 0 Å². The highest BCUT2D eigenvalue weighted by Gasteiger charge is 2.33. The van der Waals surface area contributed by atoms with E-state index in [4.69, 9.17) is 0 Å². The van der Waals surface area contributed by atoms with E-state index in [-0.39, 0.29) is 24.8 Å². The Bertz CT molecular complexity index is 89.4. The number of hydrogen-bond donors (Lipinski definition) is 2. The summed E-state index contributed by atoms with van der Waals surface area (Å²) < 4.78 is 35.1. The number of nitrogens with one attached hydrogen (secondary N) is 1. The third-order valence-electron chi connectivity index (χ3n) is 1.09. The Morgan fingerprint density at radius 1 is 1.45 bits per heavy atom. The van der Waals surface area contributed by atoms with Crippen LogP contribution in [0.15, 0.2) is 0 Å². The summed E-state index contributed by atoms with van der Waals surface area (Å²) in [6, 6.07) is 0. The molecule has 0 saturated heterocycles. The molecule has 0 heterocycles. The van der Waals surface area contributed by atoms with E-state index in [9.17, 15) is 13.2 Å². The van der Waals surface area contributed by atoms with E-state index < -0.39 is 18.6 Å². The van der Waals surface area contributed by atoms with Crippen molar-refractivity contribution in [3.63, 3.8) is 0 Å². The molecule has 0 fully saturated rings. The summed E-state index contributed by atoms with van der Waals surface area (Å²) in [6.07, 6.45) is -2.78. The van der Waals surface area contributed by atoms with Gasteiger partial charge in [0.15, 0.2) is 0 Å². The molecule has 0 rings (SSSR count). The molecule has 7 heteroatoms. The normalized spacial score (nSPS) is 14.7. The van der Waals surface area contributed by atoms with Crippen molar-refractivity contribution in [2.24, 2.45) is 5.84 Å². The van der Waals surface area contributed by atoms with Crippen LogP contribution < -0.4 is 11.3 Å². The molecule has 0 amide bonds. The van der Waals surface area contributed by atoms with Gasteiger partial charge in [0.2, 0.25) is 0 Å². The first-order chi connectivity index (χ1) is 4.06. The summed E-state index contributed by atoms with van der Waals surface area (Å²) in [6.45, 7) is -0.168. The quantitative estimate of drug-likeness (QED) is 0.549. The standard InChI is InChI=1S/C4H9F3N2.2ClH/c1-4(2-5,9-8)3(6)7;;/h3,9H,2,8H2,1H3;2*1H. The highest BCUT2D eigenvalue weighted by Crippen LogP contribution is 2.13. The maximum atomic E-state index is 11.7. The highest BCUT2D eigenvalue weighted by molar-refractivity contribution is 5.85. The zero-order valence-electron chi connectivity index (χ0n) is 5.81. The molecule has 0 saturated carbocycles. The number of hydrazine groups is 1. The monoisotopic (exact) mass is 214 g/mol. The molecule has 0 aliphatic carbocycles. The van der Waals surface area contributed by atoms with Crippen molar-refractivity contribution < 1.29 is 13.2 Å². The molecular weight excluding hydrogens is 204 g/mol. The SMILES string of the molecule is CC(CF)(NN)C(F)F.Cl.Cl. The van der Waals surface area contributed by atoms with Crippen LogP contribution in [-0.4, -0.2) is 18.6 Å². The zero-order chi connectivity index (χ0) is 7.49. The second kappa shape index (κ2) is 6.97. The lowest BCUT2D eigenvalue weighted by Crippen LogP contribution is -2.54. The van der Waals surface area contributed by atoms with Crippen molar-refractivity contribution in [3.8, 4) is 0 Å². The van der Waals surface area contributed by atoms with Gasteiger partial charge in [-0.1, -0.05) is 0 Å². The molecule has 0 aromatic carbocycles. The molecule has 11 heavy (non-hydrogen) atoms. The molecule has 0 bridgehead atoms. The number of rotatable bonds is 3. The Morgan fingerprint density at radius 3 is 1.82 bits per heavy atom. The van der Waals surface area contributed by atoms with Crippen LogP contribution in [0.2, 0.25) is 0 Å². The molecule has 3 N–H and O–H groups in total. The van der Waals surface area contributed by atoms with E-state index in [2.05, 4.69) is 5.84 Å². The maximum absolute atomic E-state index is 11.7. The van der Waals surface area contributed by atoms with Gasteiger partial charge in [-0.05, 0) is 6.92 Å². The van der Waals surface area contributed by atoms with Crippen molar-refractivity contribution in [2.45, 2.75) is 18.9 Å². The lowest BCUT2D eigenvalue weighted by atomic mass is 10.1. The number of hydrogen-bond acceptors (Lipinski definition) is 2. The maximum Gasteiger partial charge on any atom is 0.260 e. The molecule has 1 atom stereocenters. The van der Waals surface area contributed by atoms with Gasteiger partial charge in [-0.25, -0.2) is 18.6 Å². The van der Waals surface area contributed by atoms with Gasteiger partial charge in [0.25, 0.3) is 6.43 Å². The van der Waals surface area contributed by atoms with Gasteiger partial charge >= 0.3 is 0 Å². The number of halogens is 5. The first-order valence-corrected chi connectivity index (χ1v) is 2.38. The lowest BCUT2D eigenvalue weighted by Gasteiger charge is -2.23. The van der Waals surface area contributed by atoms with Gasteiger partial charge < -0.3 is 0 Å². The van der Waals surface area contributed by atoms with E-state index in [0.717, 1.165) is 6.92 Å². The Kier molecular flexibility index (Phi) is 11.0. The van der Waals surface area contributed by atoms with Crippen molar-refractivity contribution in [3.05, 3.63) is 0 Å². The zero-order valence-corrected chi connectivity index (χ0v) is 7.45. The van der Waals surface area contributed by atoms with Gasteiger partial charge in [0.1, 0.15) is 12.2 Å². The summed E-state index contributed by atoms with van der Waals surface area (Å²) in [5.41, 5.74) is -0.186. The molecule has 0 spiro atoms. The van der Waals surface area contributed by atoms with Gasteiger partial charge in [-0.2, -0.15) is 0 Å². The summed E-state index contributed by atoms with van der Waals surface area (Å²) >= 11 is 0. The third-order valence-corrected chi connectivity index (χ3v) is 1.09. The second-order valence-corrected chi connectivity index (χ2v) is 2.00. The van der Waals surface area contributed by atoms with Crippen molar-refractivity contribution in [1.29, 1.82) is 0 Å². The Balaban J connectivity index is -0.000000320. The van der Waals surface area contributed by atoms with E-state index >= 15 is 0 Å². The van der Waals surface area contributed by atoms with Crippen LogP contribution >= 0.6 is 24.8 Å². The molecule has 2 nitrogen and oxygen atoms in total. The smallest absolute Gasteiger partial charge is 0.260 e. The van der Waals surface area contributed by atoms with E-state index in [1.54, 1.807) is 5.43 Å². The minimum atomic E-state index is -2.78. The molecule has 0 aromatic rings. The molecular formula is C4H11Cl2F3N2. The summed E-state index contributed by atoms with van der Waals surface area (Å²) in [5, 5.41) is 0. The van der Waals surface area contributed by atoms with E-state index in [0.29, 0.717) is 0 Å². The van der Waals surface area contributed by atoms with Crippen LogP contribution in [0.3, 0.4) is 0 Å². The molecule has 0 aromatic heterocycles. The predicted octanol–water partition coefficient (Wildman–Crippen LogP) is 1.29. The van der Waals surface area contributed by atoms with Crippen molar-refractivity contribution >= 4 is 24.8 Å². The van der Waals surface area contributed by atoms with E-state index in [1.165, 1.54) is 0 Å². The fourth-order valence-electron chi connectivity index (χ4n) is 0.160. The lowest BCUT2D eigenvalue weighted by molar-refractivity contribution is 0.0256. The van der Waals surface area contributed by atoms with Crippen molar-refractivity contribution in [1.82, 2.24) is 5.43 Å². The first kappa shape index (κ1) is 17.4. The topological polar surface area (TPSA) is 38.0 Å². The van der Waals surface area contributed by atoms with E-state index in [1.807, 2.05) is 0 Å². The fourth-order valence-corrected chi connectivity index (χ4v) is 0.160. The second-order valence-electron chi connectivity index (χ2n) is 2.00. The van der Waals surface area contributed by atoms with Crippen LogP contribution in [-0.2, 0) is 0 Å². The van der Waals surface area contributed by atoms with Crippen molar-refractivity contribution in [2.75, 3.05) is 6.67 Å². The van der Waals surface area contributed by atoms with Crippen LogP contribution in [0.4, 0.5) is 13.2 Å². The Morgan fingerprint density at radius 2 is 1.82 bits per heavy atom. The minimum absolute atomic E-state index is 0. The molecule has 0 aliphatic heterocycles. The van der Waals surface area contributed by atoms with Crippen LogP contribution in [0.5, 0.6) is 0 Å².